The lowest BCUT2D eigenvalue weighted by atomic mass is 9.91. The molecule has 30 heavy (non-hydrogen) atoms. The molecule has 1 aliphatic heterocycles. The van der Waals surface area contributed by atoms with Gasteiger partial charge in [-0.2, -0.15) is 0 Å². The molecule has 160 valence electrons. The van der Waals surface area contributed by atoms with Crippen molar-refractivity contribution in [2.75, 3.05) is 13.1 Å². The van der Waals surface area contributed by atoms with Crippen LogP contribution in [-0.4, -0.2) is 47.0 Å². The molecule has 0 unspecified atom stereocenters. The Labute approximate surface area is 177 Å². The van der Waals surface area contributed by atoms with Gasteiger partial charge in [-0.05, 0) is 50.6 Å². The van der Waals surface area contributed by atoms with Crippen molar-refractivity contribution in [2.45, 2.75) is 62.9 Å². The number of likely N-dealkylation sites (tertiary alicyclic amines) is 1. The number of amides is 2. The number of aromatic nitrogens is 1. The van der Waals surface area contributed by atoms with Crippen molar-refractivity contribution in [3.05, 3.63) is 53.4 Å². The van der Waals surface area contributed by atoms with E-state index in [1.54, 1.807) is 6.07 Å². The van der Waals surface area contributed by atoms with Crippen LogP contribution in [0.15, 0.2) is 40.9 Å². The lowest BCUT2D eigenvalue weighted by Gasteiger charge is -2.40. The third-order valence-corrected chi connectivity index (χ3v) is 6.02. The van der Waals surface area contributed by atoms with Crippen molar-refractivity contribution >= 4 is 11.8 Å². The van der Waals surface area contributed by atoms with E-state index in [4.69, 9.17) is 10.3 Å². The van der Waals surface area contributed by atoms with Crippen molar-refractivity contribution in [3.8, 4) is 0 Å². The Hall–Kier alpha value is -2.67. The third kappa shape index (κ3) is 5.08. The number of hydrogen-bond donors (Lipinski definition) is 2. The van der Waals surface area contributed by atoms with E-state index >= 15 is 0 Å². The highest BCUT2D eigenvalue weighted by Crippen LogP contribution is 2.40. The molecule has 2 aliphatic rings. The van der Waals surface area contributed by atoms with Gasteiger partial charge in [-0.25, -0.2) is 0 Å². The molecule has 1 saturated carbocycles. The predicted molar refractivity (Wildman–Crippen MR) is 113 cm³/mol. The third-order valence-electron chi connectivity index (χ3n) is 6.02. The Morgan fingerprint density at radius 2 is 2.00 bits per heavy atom. The molecular weight excluding hydrogens is 380 g/mol. The summed E-state index contributed by atoms with van der Waals surface area (Å²) in [5, 5.41) is 7.05. The van der Waals surface area contributed by atoms with Gasteiger partial charge < -0.3 is 20.5 Å². The van der Waals surface area contributed by atoms with E-state index in [2.05, 4.69) is 22.6 Å². The van der Waals surface area contributed by atoms with Crippen LogP contribution in [0.1, 0.15) is 66.3 Å². The van der Waals surface area contributed by atoms with Crippen LogP contribution in [0, 0.1) is 0 Å². The number of carbonyl (C=O) groups excluding carboxylic acids is 2. The summed E-state index contributed by atoms with van der Waals surface area (Å²) in [7, 11) is 0. The molecular formula is C23H30N4O3. The highest BCUT2D eigenvalue weighted by molar-refractivity contribution is 5.92. The van der Waals surface area contributed by atoms with Crippen LogP contribution in [0.3, 0.4) is 0 Å². The molecule has 0 spiro atoms. The van der Waals surface area contributed by atoms with Gasteiger partial charge in [0.2, 0.25) is 5.91 Å². The lowest BCUT2D eigenvalue weighted by Crippen LogP contribution is -2.52. The van der Waals surface area contributed by atoms with E-state index in [-0.39, 0.29) is 23.9 Å². The Bertz CT molecular complexity index is 862. The normalized spacial score (nSPS) is 21.4. The van der Waals surface area contributed by atoms with Crippen LogP contribution in [0.4, 0.5) is 0 Å². The topological polar surface area (TPSA) is 101 Å². The van der Waals surface area contributed by atoms with Gasteiger partial charge in [-0.15, -0.1) is 0 Å². The van der Waals surface area contributed by atoms with Crippen LogP contribution < -0.4 is 11.1 Å². The van der Waals surface area contributed by atoms with E-state index in [9.17, 15) is 9.59 Å². The summed E-state index contributed by atoms with van der Waals surface area (Å²) in [5.74, 6) is 1.19. The van der Waals surface area contributed by atoms with Crippen molar-refractivity contribution in [1.29, 1.82) is 0 Å². The number of nitrogens with zero attached hydrogens (tertiary/aromatic N) is 2. The number of nitrogens with two attached hydrogens (primary N) is 1. The first-order valence-electron chi connectivity index (χ1n) is 10.9. The first-order valence-corrected chi connectivity index (χ1v) is 10.9. The average Bonchev–Trinajstić information content (AvgIpc) is 3.49. The second kappa shape index (κ2) is 9.43. The Kier molecular flexibility index (Phi) is 6.47. The maximum Gasteiger partial charge on any atom is 0.273 e. The molecule has 4 rings (SSSR count). The minimum Gasteiger partial charge on any atom is -0.360 e. The first kappa shape index (κ1) is 20.6. The number of rotatable bonds is 8. The molecule has 7 nitrogen and oxygen atoms in total. The minimum atomic E-state index is -0.197. The molecule has 2 heterocycles. The number of nitrogens with one attached hydrogen (secondary N) is 1. The molecule has 0 bridgehead atoms. The van der Waals surface area contributed by atoms with E-state index in [0.29, 0.717) is 37.5 Å². The molecule has 1 aromatic heterocycles. The standard InChI is InChI=1S/C23H30N4O3/c24-11-4-7-22(28)27-12-10-18(14-19(27)13-16-5-2-1-3-6-16)25-23(29)20-15-21(30-26-20)17-8-9-17/h1-3,5-6,15,17-19H,4,7-14,24H2,(H,25,29)/t18-,19+/m0/s1. The summed E-state index contributed by atoms with van der Waals surface area (Å²) in [6, 6.07) is 12.0. The zero-order valence-electron chi connectivity index (χ0n) is 17.3. The van der Waals surface area contributed by atoms with E-state index in [1.165, 1.54) is 5.56 Å². The largest absolute Gasteiger partial charge is 0.360 e. The molecule has 1 saturated heterocycles. The molecule has 2 aromatic rings. The molecule has 1 aliphatic carbocycles. The van der Waals surface area contributed by atoms with Crippen LogP contribution in [0.25, 0.3) is 0 Å². The first-order chi connectivity index (χ1) is 14.6. The zero-order valence-corrected chi connectivity index (χ0v) is 17.3. The van der Waals surface area contributed by atoms with Crippen LogP contribution in [0.2, 0.25) is 0 Å². The number of benzene rings is 1. The van der Waals surface area contributed by atoms with Gasteiger partial charge in [-0.3, -0.25) is 9.59 Å². The molecule has 1 aromatic carbocycles. The molecule has 2 amide bonds. The minimum absolute atomic E-state index is 0.00541. The van der Waals surface area contributed by atoms with Crippen molar-refractivity contribution in [3.63, 3.8) is 0 Å². The highest BCUT2D eigenvalue weighted by atomic mass is 16.5. The number of carbonyl (C=O) groups is 2. The fourth-order valence-electron chi connectivity index (χ4n) is 4.20. The summed E-state index contributed by atoms with van der Waals surface area (Å²) in [6.07, 6.45) is 5.62. The Morgan fingerprint density at radius 1 is 1.20 bits per heavy atom. The molecule has 7 heteroatoms. The summed E-state index contributed by atoms with van der Waals surface area (Å²) in [6.45, 7) is 1.15. The predicted octanol–water partition coefficient (Wildman–Crippen LogP) is 2.62. The van der Waals surface area contributed by atoms with Crippen molar-refractivity contribution in [1.82, 2.24) is 15.4 Å². The zero-order chi connectivity index (χ0) is 20.9. The smallest absolute Gasteiger partial charge is 0.273 e. The maximum absolute atomic E-state index is 12.7. The van der Waals surface area contributed by atoms with Crippen molar-refractivity contribution in [2.24, 2.45) is 5.73 Å². The van der Waals surface area contributed by atoms with E-state index in [1.807, 2.05) is 23.1 Å². The average molecular weight is 411 g/mol. The second-order valence-corrected chi connectivity index (χ2v) is 8.41. The fourth-order valence-corrected chi connectivity index (χ4v) is 4.20. The van der Waals surface area contributed by atoms with E-state index in [0.717, 1.165) is 37.9 Å². The molecule has 2 atom stereocenters. The van der Waals surface area contributed by atoms with Gasteiger partial charge in [0, 0.05) is 37.0 Å². The maximum atomic E-state index is 12.7. The van der Waals surface area contributed by atoms with Gasteiger partial charge in [-0.1, -0.05) is 35.5 Å². The summed E-state index contributed by atoms with van der Waals surface area (Å²) in [5.41, 5.74) is 7.13. The van der Waals surface area contributed by atoms with Gasteiger partial charge in [0.25, 0.3) is 5.91 Å². The van der Waals surface area contributed by atoms with Gasteiger partial charge in [0.1, 0.15) is 5.76 Å². The Morgan fingerprint density at radius 3 is 2.73 bits per heavy atom. The molecule has 2 fully saturated rings. The van der Waals surface area contributed by atoms with Crippen molar-refractivity contribution < 1.29 is 14.1 Å². The SMILES string of the molecule is NCCCC(=O)N1CC[C@H](NC(=O)c2cc(C3CC3)on2)C[C@H]1Cc1ccccc1. The quantitative estimate of drug-likeness (QED) is 0.697. The van der Waals surface area contributed by atoms with E-state index < -0.39 is 0 Å². The number of hydrogen-bond acceptors (Lipinski definition) is 5. The van der Waals surface area contributed by atoms with Gasteiger partial charge in [0.15, 0.2) is 5.69 Å². The summed E-state index contributed by atoms with van der Waals surface area (Å²) in [4.78, 5) is 27.4. The van der Waals surface area contributed by atoms with Crippen LogP contribution in [-0.2, 0) is 11.2 Å². The number of piperidine rings is 1. The summed E-state index contributed by atoms with van der Waals surface area (Å²) >= 11 is 0. The van der Waals surface area contributed by atoms with Gasteiger partial charge in [0.05, 0.1) is 0 Å². The van der Waals surface area contributed by atoms with Crippen LogP contribution in [0.5, 0.6) is 0 Å². The lowest BCUT2D eigenvalue weighted by molar-refractivity contribution is -0.135. The van der Waals surface area contributed by atoms with Gasteiger partial charge >= 0.3 is 0 Å². The monoisotopic (exact) mass is 410 g/mol. The fraction of sp³-hybridized carbons (Fsp3) is 0.522. The highest BCUT2D eigenvalue weighted by Gasteiger charge is 2.33. The molecule has 3 N–H and O–H groups in total. The Balaban J connectivity index is 1.41. The van der Waals surface area contributed by atoms with Crippen LogP contribution >= 0.6 is 0 Å². The summed E-state index contributed by atoms with van der Waals surface area (Å²) < 4.78 is 5.31. The molecule has 0 radical (unpaired) electrons. The second-order valence-electron chi connectivity index (χ2n) is 8.41.